The van der Waals surface area contributed by atoms with Crippen LogP contribution in [0.5, 0.6) is 0 Å². The molecule has 0 bridgehead atoms. The Morgan fingerprint density at radius 2 is 1.87 bits per heavy atom. The van der Waals surface area contributed by atoms with Crippen molar-refractivity contribution in [3.05, 3.63) is 105 Å². The van der Waals surface area contributed by atoms with Crippen LogP contribution in [0.2, 0.25) is 0 Å². The van der Waals surface area contributed by atoms with E-state index in [1.807, 2.05) is 47.4 Å². The van der Waals surface area contributed by atoms with Crippen molar-refractivity contribution < 1.29 is 9.53 Å². The SMILES string of the molecule is Cc1ccc(C2C3=NC4=CC=C(Cl)CC4=C3CCN2C(=O)OCc2ccccc2)cc1. The van der Waals surface area contributed by atoms with Gasteiger partial charge in [-0.25, -0.2) is 4.79 Å². The first-order valence-corrected chi connectivity index (χ1v) is 10.9. The number of piperidine rings is 1. The Kier molecular flexibility index (Phi) is 5.24. The van der Waals surface area contributed by atoms with Crippen LogP contribution >= 0.6 is 11.6 Å². The lowest BCUT2D eigenvalue weighted by atomic mass is 9.86. The highest BCUT2D eigenvalue weighted by Gasteiger charge is 2.40. The molecule has 0 aromatic heterocycles. The summed E-state index contributed by atoms with van der Waals surface area (Å²) in [5.74, 6) is 0. The Morgan fingerprint density at radius 3 is 2.65 bits per heavy atom. The van der Waals surface area contributed by atoms with Gasteiger partial charge in [0, 0.05) is 18.0 Å². The largest absolute Gasteiger partial charge is 0.445 e. The molecule has 1 fully saturated rings. The smallest absolute Gasteiger partial charge is 0.410 e. The summed E-state index contributed by atoms with van der Waals surface area (Å²) in [6.45, 7) is 2.89. The number of rotatable bonds is 3. The van der Waals surface area contributed by atoms with E-state index in [0.717, 1.165) is 34.0 Å². The van der Waals surface area contributed by atoms with E-state index in [-0.39, 0.29) is 18.7 Å². The van der Waals surface area contributed by atoms with Crippen molar-refractivity contribution in [1.82, 2.24) is 4.90 Å². The van der Waals surface area contributed by atoms with Gasteiger partial charge in [0.1, 0.15) is 12.6 Å². The quantitative estimate of drug-likeness (QED) is 0.578. The van der Waals surface area contributed by atoms with Crippen LogP contribution in [-0.2, 0) is 11.3 Å². The van der Waals surface area contributed by atoms with Gasteiger partial charge in [-0.2, -0.15) is 0 Å². The molecule has 5 rings (SSSR count). The molecule has 2 aliphatic heterocycles. The molecule has 3 aliphatic rings. The maximum Gasteiger partial charge on any atom is 0.410 e. The molecule has 0 radical (unpaired) electrons. The second-order valence-corrected chi connectivity index (χ2v) is 8.58. The number of ether oxygens (including phenoxy) is 1. The number of hydrogen-bond acceptors (Lipinski definition) is 3. The van der Waals surface area contributed by atoms with Crippen LogP contribution in [0.15, 0.2) is 93.6 Å². The highest BCUT2D eigenvalue weighted by molar-refractivity contribution is 6.30. The Balaban J connectivity index is 1.47. The zero-order valence-corrected chi connectivity index (χ0v) is 18.1. The van der Waals surface area contributed by atoms with Gasteiger partial charge >= 0.3 is 6.09 Å². The zero-order valence-electron chi connectivity index (χ0n) is 17.3. The number of likely N-dealkylation sites (tertiary alicyclic amines) is 1. The second-order valence-electron chi connectivity index (χ2n) is 8.09. The van der Waals surface area contributed by atoms with Crippen LogP contribution in [0.1, 0.15) is 35.6 Å². The van der Waals surface area contributed by atoms with Crippen molar-refractivity contribution in [3.8, 4) is 0 Å². The Bertz CT molecular complexity index is 1140. The molecule has 1 amide bonds. The number of fused-ring (bicyclic) bond motifs is 2. The number of carbonyl (C=O) groups is 1. The van der Waals surface area contributed by atoms with Crippen LogP contribution in [0.25, 0.3) is 0 Å². The van der Waals surface area contributed by atoms with Crippen molar-refractivity contribution >= 4 is 23.4 Å². The van der Waals surface area contributed by atoms with E-state index < -0.39 is 0 Å². The minimum Gasteiger partial charge on any atom is -0.445 e. The fourth-order valence-corrected chi connectivity index (χ4v) is 4.60. The number of carbonyl (C=O) groups excluding carboxylic acids is 1. The molecular formula is C26H23ClN2O2. The van der Waals surface area contributed by atoms with Crippen molar-refractivity contribution in [3.63, 3.8) is 0 Å². The van der Waals surface area contributed by atoms with Gasteiger partial charge < -0.3 is 4.74 Å². The van der Waals surface area contributed by atoms with Gasteiger partial charge in [0.25, 0.3) is 0 Å². The van der Waals surface area contributed by atoms with Crippen LogP contribution < -0.4 is 0 Å². The average Bonchev–Trinajstić information content (AvgIpc) is 3.16. The van der Waals surface area contributed by atoms with E-state index in [1.54, 1.807) is 0 Å². The summed E-state index contributed by atoms with van der Waals surface area (Å²) in [7, 11) is 0. The Labute approximate surface area is 187 Å². The van der Waals surface area contributed by atoms with Crippen molar-refractivity contribution in [2.75, 3.05) is 6.54 Å². The predicted molar refractivity (Wildman–Crippen MR) is 123 cm³/mol. The lowest BCUT2D eigenvalue weighted by molar-refractivity contribution is 0.0883. The third kappa shape index (κ3) is 3.84. The van der Waals surface area contributed by atoms with E-state index in [4.69, 9.17) is 21.3 Å². The van der Waals surface area contributed by atoms with Crippen molar-refractivity contribution in [1.29, 1.82) is 0 Å². The lowest BCUT2D eigenvalue weighted by Crippen LogP contribution is -2.44. The summed E-state index contributed by atoms with van der Waals surface area (Å²) >= 11 is 6.31. The Morgan fingerprint density at radius 1 is 1.10 bits per heavy atom. The molecule has 156 valence electrons. The molecule has 1 aliphatic carbocycles. The average molecular weight is 431 g/mol. The molecule has 0 N–H and O–H groups in total. The number of aryl methyl sites for hydroxylation is 1. The fraction of sp³-hybridized carbons (Fsp3) is 0.231. The monoisotopic (exact) mass is 430 g/mol. The minimum atomic E-state index is -0.318. The standard InChI is InChI=1S/C26H23ClN2O2/c1-17-7-9-19(10-8-17)25-24-21(22-15-20(27)11-12-23(22)28-24)13-14-29(25)26(30)31-16-18-5-3-2-4-6-18/h2-12,25H,13-16H2,1H3. The highest BCUT2D eigenvalue weighted by atomic mass is 35.5. The topological polar surface area (TPSA) is 41.9 Å². The third-order valence-electron chi connectivity index (χ3n) is 6.00. The maximum absolute atomic E-state index is 13.2. The van der Waals surface area contributed by atoms with E-state index in [1.165, 1.54) is 16.7 Å². The predicted octanol–water partition coefficient (Wildman–Crippen LogP) is 6.24. The third-order valence-corrected chi connectivity index (χ3v) is 6.26. The molecule has 0 saturated carbocycles. The van der Waals surface area contributed by atoms with Gasteiger partial charge in [0.05, 0.1) is 11.4 Å². The summed E-state index contributed by atoms with van der Waals surface area (Å²) in [6.07, 6.45) is 5.02. The molecule has 2 aromatic carbocycles. The molecule has 2 heterocycles. The summed E-state index contributed by atoms with van der Waals surface area (Å²) < 4.78 is 5.70. The van der Waals surface area contributed by atoms with Crippen molar-refractivity contribution in [2.24, 2.45) is 4.99 Å². The molecule has 1 atom stereocenters. The second kappa shape index (κ2) is 8.20. The molecule has 1 saturated heterocycles. The van der Waals surface area contributed by atoms with Crippen LogP contribution in [0.3, 0.4) is 0 Å². The number of allylic oxidation sites excluding steroid dienone is 4. The first-order chi connectivity index (χ1) is 15.1. The lowest BCUT2D eigenvalue weighted by Gasteiger charge is -2.36. The van der Waals surface area contributed by atoms with Crippen LogP contribution in [0.4, 0.5) is 4.79 Å². The fourth-order valence-electron chi connectivity index (χ4n) is 4.41. The van der Waals surface area contributed by atoms with E-state index in [2.05, 4.69) is 31.2 Å². The van der Waals surface area contributed by atoms with Gasteiger partial charge in [-0.05, 0) is 47.8 Å². The molecule has 31 heavy (non-hydrogen) atoms. The van der Waals surface area contributed by atoms with E-state index in [9.17, 15) is 4.79 Å². The molecule has 2 aromatic rings. The van der Waals surface area contributed by atoms with Gasteiger partial charge in [0.15, 0.2) is 0 Å². The minimum absolute atomic E-state index is 0.252. The summed E-state index contributed by atoms with van der Waals surface area (Å²) in [6, 6.07) is 17.8. The Hall–Kier alpha value is -3.11. The summed E-state index contributed by atoms with van der Waals surface area (Å²) in [5.41, 5.74) is 7.50. The maximum atomic E-state index is 13.2. The van der Waals surface area contributed by atoms with E-state index in [0.29, 0.717) is 13.0 Å². The molecule has 0 spiro atoms. The van der Waals surface area contributed by atoms with Gasteiger partial charge in [-0.1, -0.05) is 71.8 Å². The molecular weight excluding hydrogens is 408 g/mol. The normalized spacial score (nSPS) is 19.9. The number of benzene rings is 2. The summed E-state index contributed by atoms with van der Waals surface area (Å²) in [4.78, 5) is 19.9. The number of hydrogen-bond donors (Lipinski definition) is 0. The van der Waals surface area contributed by atoms with E-state index >= 15 is 0 Å². The number of halogens is 1. The molecule has 5 heteroatoms. The van der Waals surface area contributed by atoms with Crippen LogP contribution in [0, 0.1) is 6.92 Å². The first-order valence-electron chi connectivity index (χ1n) is 10.5. The van der Waals surface area contributed by atoms with Gasteiger partial charge in [0.2, 0.25) is 0 Å². The first kappa shape index (κ1) is 19.8. The number of nitrogens with zero attached hydrogens (tertiary/aromatic N) is 2. The van der Waals surface area contributed by atoms with Crippen molar-refractivity contribution in [2.45, 2.75) is 32.4 Å². The summed E-state index contributed by atoms with van der Waals surface area (Å²) in [5, 5.41) is 0.819. The molecule has 1 unspecified atom stereocenters. The highest BCUT2D eigenvalue weighted by Crippen LogP contribution is 2.43. The van der Waals surface area contributed by atoms with Gasteiger partial charge in [-0.3, -0.25) is 9.89 Å². The number of amides is 1. The number of aliphatic imine (C=N–C) groups is 1. The molecule has 4 nitrogen and oxygen atoms in total. The van der Waals surface area contributed by atoms with Gasteiger partial charge in [-0.15, -0.1) is 0 Å². The zero-order chi connectivity index (χ0) is 21.4. The van der Waals surface area contributed by atoms with Crippen LogP contribution in [-0.4, -0.2) is 23.2 Å².